The summed E-state index contributed by atoms with van der Waals surface area (Å²) in [5.41, 5.74) is 0.675. The van der Waals surface area contributed by atoms with E-state index in [0.29, 0.717) is 31.2 Å². The first-order valence-corrected chi connectivity index (χ1v) is 11.6. The van der Waals surface area contributed by atoms with Crippen LogP contribution in [0.3, 0.4) is 0 Å². The summed E-state index contributed by atoms with van der Waals surface area (Å²) in [6, 6.07) is 17.2. The highest BCUT2D eigenvalue weighted by molar-refractivity contribution is 5.98. The number of carbonyl (C=O) groups is 3. The summed E-state index contributed by atoms with van der Waals surface area (Å²) in [6.07, 6.45) is 1.84. The number of carbonyl (C=O) groups excluding carboxylic acids is 2. The molecule has 0 unspecified atom stereocenters. The molecule has 4 rings (SSSR count). The first kappa shape index (κ1) is 24.2. The van der Waals surface area contributed by atoms with Gasteiger partial charge in [-0.2, -0.15) is 0 Å². The Hall–Kier alpha value is -3.94. The fourth-order valence-corrected chi connectivity index (χ4v) is 4.23. The zero-order valence-electron chi connectivity index (χ0n) is 19.1. The zero-order valence-corrected chi connectivity index (χ0v) is 19.1. The van der Waals surface area contributed by atoms with Crippen LogP contribution in [0, 0.1) is 11.7 Å². The Morgan fingerprint density at radius 3 is 2.06 bits per heavy atom. The number of amides is 2. The van der Waals surface area contributed by atoms with Crippen LogP contribution in [0.4, 0.5) is 4.39 Å². The number of hydrogen-bond donors (Lipinski definition) is 3. The summed E-state index contributed by atoms with van der Waals surface area (Å²) in [5, 5.41) is 16.5. The van der Waals surface area contributed by atoms with E-state index in [4.69, 9.17) is 9.84 Å². The standard InChI is InChI=1S/C27H27FN2O5/c28-23-16-21(9-12-24(23)35-22-10-7-18(8-11-22)27(33)34)26(32)30-14-13-29-25(31)20-6-5-17-3-1-2-4-19(17)15-20/h1-6,9,12,15-16,18,22H,7-8,10-11,13-14H2,(H,29,31)(H,30,32)(H,33,34). The van der Waals surface area contributed by atoms with Crippen LogP contribution in [0.25, 0.3) is 10.8 Å². The van der Waals surface area contributed by atoms with Gasteiger partial charge in [-0.1, -0.05) is 30.3 Å². The van der Waals surface area contributed by atoms with E-state index in [0.717, 1.165) is 16.8 Å². The molecule has 0 aliphatic heterocycles. The lowest BCUT2D eigenvalue weighted by Gasteiger charge is -2.27. The zero-order chi connectivity index (χ0) is 24.8. The molecule has 1 saturated carbocycles. The summed E-state index contributed by atoms with van der Waals surface area (Å²) in [4.78, 5) is 35.8. The molecule has 0 bridgehead atoms. The normalized spacial score (nSPS) is 17.5. The van der Waals surface area contributed by atoms with Crippen molar-refractivity contribution in [3.63, 3.8) is 0 Å². The first-order chi connectivity index (χ1) is 16.9. The van der Waals surface area contributed by atoms with Crippen molar-refractivity contribution in [2.45, 2.75) is 31.8 Å². The minimum absolute atomic E-state index is 0.0444. The van der Waals surface area contributed by atoms with Gasteiger partial charge in [-0.3, -0.25) is 14.4 Å². The highest BCUT2D eigenvalue weighted by Gasteiger charge is 2.27. The molecule has 1 fully saturated rings. The minimum Gasteiger partial charge on any atom is -0.487 e. The van der Waals surface area contributed by atoms with Crippen molar-refractivity contribution in [1.29, 1.82) is 0 Å². The predicted octanol–water partition coefficient (Wildman–Crippen LogP) is 4.16. The number of aliphatic carboxylic acids is 1. The van der Waals surface area contributed by atoms with Crippen molar-refractivity contribution < 1.29 is 28.6 Å². The van der Waals surface area contributed by atoms with E-state index in [1.165, 1.54) is 12.1 Å². The molecule has 0 radical (unpaired) electrons. The van der Waals surface area contributed by atoms with Crippen molar-refractivity contribution in [2.75, 3.05) is 13.1 Å². The third kappa shape index (κ3) is 6.15. The molecule has 3 aromatic carbocycles. The largest absolute Gasteiger partial charge is 0.487 e. The number of carboxylic acid groups (broad SMARTS) is 1. The van der Waals surface area contributed by atoms with E-state index in [9.17, 15) is 18.8 Å². The lowest BCUT2D eigenvalue weighted by atomic mass is 9.87. The third-order valence-electron chi connectivity index (χ3n) is 6.22. The van der Waals surface area contributed by atoms with E-state index in [2.05, 4.69) is 10.6 Å². The molecule has 0 saturated heterocycles. The second-order valence-electron chi connectivity index (χ2n) is 8.65. The van der Waals surface area contributed by atoms with Crippen molar-refractivity contribution in [2.24, 2.45) is 5.92 Å². The highest BCUT2D eigenvalue weighted by atomic mass is 19.1. The van der Waals surface area contributed by atoms with Crippen LogP contribution >= 0.6 is 0 Å². The average Bonchev–Trinajstić information content (AvgIpc) is 2.87. The van der Waals surface area contributed by atoms with Gasteiger partial charge in [-0.25, -0.2) is 4.39 Å². The highest BCUT2D eigenvalue weighted by Crippen LogP contribution is 2.29. The van der Waals surface area contributed by atoms with Crippen LogP contribution in [0.2, 0.25) is 0 Å². The maximum atomic E-state index is 14.5. The van der Waals surface area contributed by atoms with E-state index >= 15 is 0 Å². The molecule has 0 heterocycles. The maximum Gasteiger partial charge on any atom is 0.306 e. The molecule has 0 aromatic heterocycles. The third-order valence-corrected chi connectivity index (χ3v) is 6.22. The van der Waals surface area contributed by atoms with E-state index in [-0.39, 0.29) is 42.3 Å². The molecule has 1 aliphatic rings. The van der Waals surface area contributed by atoms with Gasteiger partial charge in [0.2, 0.25) is 0 Å². The molecule has 8 heteroatoms. The van der Waals surface area contributed by atoms with Crippen LogP contribution in [-0.2, 0) is 4.79 Å². The van der Waals surface area contributed by atoms with Gasteiger partial charge in [0.25, 0.3) is 11.8 Å². The van der Waals surface area contributed by atoms with Gasteiger partial charge >= 0.3 is 5.97 Å². The summed E-state index contributed by atoms with van der Waals surface area (Å²) < 4.78 is 20.2. The lowest BCUT2D eigenvalue weighted by Crippen LogP contribution is -2.34. The van der Waals surface area contributed by atoms with Gasteiger partial charge in [0.1, 0.15) is 0 Å². The quantitative estimate of drug-likeness (QED) is 0.422. The topological polar surface area (TPSA) is 105 Å². The molecule has 35 heavy (non-hydrogen) atoms. The maximum absolute atomic E-state index is 14.5. The van der Waals surface area contributed by atoms with Gasteiger partial charge in [-0.15, -0.1) is 0 Å². The molecular weight excluding hydrogens is 451 g/mol. The van der Waals surface area contributed by atoms with Gasteiger partial charge in [0.05, 0.1) is 12.0 Å². The van der Waals surface area contributed by atoms with Crippen LogP contribution < -0.4 is 15.4 Å². The number of ether oxygens (including phenoxy) is 1. The Labute approximate surface area is 202 Å². The molecule has 0 atom stereocenters. The minimum atomic E-state index is -0.807. The Bertz CT molecular complexity index is 1240. The van der Waals surface area contributed by atoms with Crippen molar-refractivity contribution in [3.05, 3.63) is 77.6 Å². The molecule has 3 aromatic rings. The van der Waals surface area contributed by atoms with E-state index in [1.54, 1.807) is 6.07 Å². The average molecular weight is 479 g/mol. The smallest absolute Gasteiger partial charge is 0.306 e. The summed E-state index contributed by atoms with van der Waals surface area (Å²) in [6.45, 7) is 0.408. The van der Waals surface area contributed by atoms with Gasteiger partial charge < -0.3 is 20.5 Å². The fraction of sp³-hybridized carbons (Fsp3) is 0.296. The molecule has 0 spiro atoms. The van der Waals surface area contributed by atoms with E-state index in [1.807, 2.05) is 36.4 Å². The van der Waals surface area contributed by atoms with Crippen molar-refractivity contribution >= 4 is 28.6 Å². The van der Waals surface area contributed by atoms with Crippen LogP contribution in [0.5, 0.6) is 5.75 Å². The van der Waals surface area contributed by atoms with E-state index < -0.39 is 17.7 Å². The SMILES string of the molecule is O=C(NCCNC(=O)c1ccc2ccccc2c1)c1ccc(OC2CCC(C(=O)O)CC2)c(F)c1. The summed E-state index contributed by atoms with van der Waals surface area (Å²) >= 11 is 0. The molecular formula is C27H27FN2O5. The molecule has 182 valence electrons. The Morgan fingerprint density at radius 2 is 1.43 bits per heavy atom. The number of rotatable bonds is 8. The van der Waals surface area contributed by atoms with Gasteiger partial charge in [-0.05, 0) is 66.8 Å². The number of fused-ring (bicyclic) bond motifs is 1. The van der Waals surface area contributed by atoms with Crippen LogP contribution in [-0.4, -0.2) is 42.1 Å². The summed E-state index contributed by atoms with van der Waals surface area (Å²) in [5.74, 6) is -2.49. The molecule has 1 aliphatic carbocycles. The fourth-order valence-electron chi connectivity index (χ4n) is 4.23. The number of benzene rings is 3. The molecule has 7 nitrogen and oxygen atoms in total. The van der Waals surface area contributed by atoms with Gasteiger partial charge in [0, 0.05) is 24.2 Å². The Kier molecular flexibility index (Phi) is 7.60. The van der Waals surface area contributed by atoms with Crippen molar-refractivity contribution in [3.8, 4) is 5.75 Å². The Morgan fingerprint density at radius 1 is 0.829 bits per heavy atom. The second-order valence-corrected chi connectivity index (χ2v) is 8.65. The summed E-state index contributed by atoms with van der Waals surface area (Å²) in [7, 11) is 0. The number of halogens is 1. The van der Waals surface area contributed by atoms with Crippen molar-refractivity contribution in [1.82, 2.24) is 10.6 Å². The van der Waals surface area contributed by atoms with Crippen LogP contribution in [0.1, 0.15) is 46.4 Å². The van der Waals surface area contributed by atoms with Crippen LogP contribution in [0.15, 0.2) is 60.7 Å². The lowest BCUT2D eigenvalue weighted by molar-refractivity contribution is -0.143. The van der Waals surface area contributed by atoms with Gasteiger partial charge in [0.15, 0.2) is 11.6 Å². The number of nitrogens with one attached hydrogen (secondary N) is 2. The molecule has 2 amide bonds. The first-order valence-electron chi connectivity index (χ1n) is 11.6. The monoisotopic (exact) mass is 478 g/mol. The predicted molar refractivity (Wildman–Crippen MR) is 129 cm³/mol. The second kappa shape index (κ2) is 11.0. The molecule has 3 N–H and O–H groups in total. The number of hydrogen-bond acceptors (Lipinski definition) is 4. The Balaban J connectivity index is 1.23. The number of carboxylic acids is 1.